The van der Waals surface area contributed by atoms with Gasteiger partial charge in [0.25, 0.3) is 15.9 Å². The molecule has 0 radical (unpaired) electrons. The lowest BCUT2D eigenvalue weighted by atomic mass is 10.2. The predicted octanol–water partition coefficient (Wildman–Crippen LogP) is 6.09. The molecule has 186 valence electrons. The van der Waals surface area contributed by atoms with Crippen molar-refractivity contribution in [2.75, 3.05) is 10.0 Å². The van der Waals surface area contributed by atoms with E-state index in [1.54, 1.807) is 6.92 Å². The van der Waals surface area contributed by atoms with Crippen LogP contribution in [0, 0.1) is 5.82 Å². The first-order valence-electron chi connectivity index (χ1n) is 10.1. The molecule has 0 aliphatic carbocycles. The lowest BCUT2D eigenvalue weighted by molar-refractivity contribution is -0.137. The summed E-state index contributed by atoms with van der Waals surface area (Å²) in [6.45, 7) is 1.72. The molecule has 0 aliphatic rings. The lowest BCUT2D eigenvalue weighted by Crippen LogP contribution is -2.32. The van der Waals surface area contributed by atoms with E-state index in [1.807, 2.05) is 0 Å². The summed E-state index contributed by atoms with van der Waals surface area (Å²) in [6.07, 6.45) is -5.34. The molecule has 1 atom stereocenters. The highest BCUT2D eigenvalue weighted by molar-refractivity contribution is 7.92. The molecule has 0 aliphatic heterocycles. The Kier molecular flexibility index (Phi) is 7.91. The van der Waals surface area contributed by atoms with Crippen LogP contribution in [-0.4, -0.2) is 20.4 Å². The monoisotopic (exact) mass is 530 g/mol. The van der Waals surface area contributed by atoms with Gasteiger partial charge >= 0.3 is 6.18 Å². The van der Waals surface area contributed by atoms with Crippen LogP contribution in [0.3, 0.4) is 0 Å². The average Bonchev–Trinajstić information content (AvgIpc) is 2.79. The van der Waals surface area contributed by atoms with Gasteiger partial charge in [-0.1, -0.05) is 18.5 Å². The number of sulfonamides is 1. The van der Waals surface area contributed by atoms with E-state index in [9.17, 15) is 30.8 Å². The summed E-state index contributed by atoms with van der Waals surface area (Å²) < 4.78 is 85.0. The van der Waals surface area contributed by atoms with Crippen molar-refractivity contribution in [3.63, 3.8) is 0 Å². The van der Waals surface area contributed by atoms with Gasteiger partial charge in [-0.25, -0.2) is 12.8 Å². The van der Waals surface area contributed by atoms with E-state index >= 15 is 0 Å². The van der Waals surface area contributed by atoms with E-state index in [0.29, 0.717) is 18.2 Å². The quantitative estimate of drug-likeness (QED) is 0.345. The second-order valence-corrected chi connectivity index (χ2v) is 9.37. The van der Waals surface area contributed by atoms with Crippen molar-refractivity contribution >= 4 is 38.9 Å². The number of ether oxygens (including phenoxy) is 1. The minimum Gasteiger partial charge on any atom is -0.481 e. The minimum atomic E-state index is -4.75. The molecular formula is C23H19ClF4N2O4S. The number of benzene rings is 3. The summed E-state index contributed by atoms with van der Waals surface area (Å²) in [6, 6.07) is 12.8. The van der Waals surface area contributed by atoms with Gasteiger partial charge in [0.2, 0.25) is 0 Å². The number of halogens is 5. The summed E-state index contributed by atoms with van der Waals surface area (Å²) in [5, 5.41) is 2.03. The molecule has 0 spiro atoms. The van der Waals surface area contributed by atoms with Crippen molar-refractivity contribution in [2.45, 2.75) is 30.5 Å². The predicted molar refractivity (Wildman–Crippen MR) is 123 cm³/mol. The molecule has 3 aromatic carbocycles. The van der Waals surface area contributed by atoms with Gasteiger partial charge in [-0.2, -0.15) is 13.2 Å². The van der Waals surface area contributed by atoms with E-state index in [-0.39, 0.29) is 16.3 Å². The Morgan fingerprint density at radius 2 is 1.60 bits per heavy atom. The molecule has 2 N–H and O–H groups in total. The highest BCUT2D eigenvalue weighted by atomic mass is 35.5. The van der Waals surface area contributed by atoms with E-state index in [0.717, 1.165) is 12.1 Å². The Labute approximate surface area is 203 Å². The third-order valence-electron chi connectivity index (χ3n) is 4.71. The number of nitrogens with one attached hydrogen (secondary N) is 2. The van der Waals surface area contributed by atoms with Crippen LogP contribution >= 0.6 is 11.6 Å². The Morgan fingerprint density at radius 3 is 2.17 bits per heavy atom. The fourth-order valence-corrected chi connectivity index (χ4v) is 4.23. The number of carbonyl (C=O) groups is 1. The molecule has 3 rings (SSSR count). The first-order chi connectivity index (χ1) is 16.4. The van der Waals surface area contributed by atoms with Crippen LogP contribution in [0.25, 0.3) is 0 Å². The van der Waals surface area contributed by atoms with E-state index in [4.69, 9.17) is 16.3 Å². The molecule has 0 saturated carbocycles. The van der Waals surface area contributed by atoms with Crippen molar-refractivity contribution in [1.82, 2.24) is 0 Å². The van der Waals surface area contributed by atoms with E-state index in [1.165, 1.54) is 48.5 Å². The highest BCUT2D eigenvalue weighted by Crippen LogP contribution is 2.36. The van der Waals surface area contributed by atoms with Gasteiger partial charge in [0.05, 0.1) is 15.5 Å². The highest BCUT2D eigenvalue weighted by Gasteiger charge is 2.33. The van der Waals surface area contributed by atoms with Crippen molar-refractivity contribution in [3.8, 4) is 5.75 Å². The summed E-state index contributed by atoms with van der Waals surface area (Å²) in [7, 11) is -4.23. The zero-order valence-corrected chi connectivity index (χ0v) is 19.6. The van der Waals surface area contributed by atoms with Gasteiger partial charge < -0.3 is 10.1 Å². The molecule has 12 heteroatoms. The van der Waals surface area contributed by atoms with Gasteiger partial charge in [-0.15, -0.1) is 0 Å². The topological polar surface area (TPSA) is 84.5 Å². The van der Waals surface area contributed by atoms with Crippen LogP contribution in [0.5, 0.6) is 5.75 Å². The third kappa shape index (κ3) is 6.86. The van der Waals surface area contributed by atoms with E-state index < -0.39 is 44.6 Å². The van der Waals surface area contributed by atoms with Crippen LogP contribution in [0.4, 0.5) is 28.9 Å². The maximum atomic E-state index is 13.0. The van der Waals surface area contributed by atoms with Gasteiger partial charge in [-0.05, 0) is 73.2 Å². The molecule has 0 heterocycles. The van der Waals surface area contributed by atoms with E-state index in [2.05, 4.69) is 10.0 Å². The molecule has 0 unspecified atom stereocenters. The van der Waals surface area contributed by atoms with Gasteiger partial charge in [0.15, 0.2) is 6.10 Å². The third-order valence-corrected chi connectivity index (χ3v) is 6.44. The normalized spacial score (nSPS) is 12.6. The summed E-state index contributed by atoms with van der Waals surface area (Å²) in [5.41, 5.74) is -1.23. The maximum Gasteiger partial charge on any atom is 0.417 e. The number of anilines is 2. The smallest absolute Gasteiger partial charge is 0.417 e. The Morgan fingerprint density at radius 1 is 1.00 bits per heavy atom. The number of hydrogen-bond acceptors (Lipinski definition) is 4. The van der Waals surface area contributed by atoms with Crippen LogP contribution < -0.4 is 14.8 Å². The molecule has 0 aromatic heterocycles. The fraction of sp³-hybridized carbons (Fsp3) is 0.174. The molecule has 3 aromatic rings. The number of hydrogen-bond donors (Lipinski definition) is 2. The number of carbonyl (C=O) groups excluding carboxylic acids is 1. The second kappa shape index (κ2) is 10.5. The Balaban J connectivity index is 1.69. The van der Waals surface area contributed by atoms with Crippen LogP contribution in [0.2, 0.25) is 5.02 Å². The SMILES string of the molecule is CC[C@@H](Oc1ccc(F)cc1)C(=O)Nc1ccc(S(=O)(=O)Nc2ccc(Cl)c(C(F)(F)F)c2)cc1. The Hall–Kier alpha value is -3.31. The largest absolute Gasteiger partial charge is 0.481 e. The molecule has 1 amide bonds. The maximum absolute atomic E-state index is 13.0. The average molecular weight is 531 g/mol. The molecular weight excluding hydrogens is 512 g/mol. The summed E-state index contributed by atoms with van der Waals surface area (Å²) in [5.74, 6) is -0.653. The number of alkyl halides is 3. The minimum absolute atomic E-state index is 0.242. The lowest BCUT2D eigenvalue weighted by Gasteiger charge is -2.17. The molecule has 0 fully saturated rings. The summed E-state index contributed by atoms with van der Waals surface area (Å²) in [4.78, 5) is 12.3. The van der Waals surface area contributed by atoms with Crippen LogP contribution in [-0.2, 0) is 21.0 Å². The second-order valence-electron chi connectivity index (χ2n) is 7.28. The zero-order valence-electron chi connectivity index (χ0n) is 18.1. The first kappa shape index (κ1) is 26.3. The molecule has 0 bridgehead atoms. The summed E-state index contributed by atoms with van der Waals surface area (Å²) >= 11 is 5.56. The van der Waals surface area contributed by atoms with Gasteiger partial charge in [0.1, 0.15) is 11.6 Å². The number of amides is 1. The molecule has 6 nitrogen and oxygen atoms in total. The van der Waals surface area contributed by atoms with Gasteiger partial charge in [-0.3, -0.25) is 9.52 Å². The van der Waals surface area contributed by atoms with Crippen LogP contribution in [0.15, 0.2) is 71.6 Å². The zero-order chi connectivity index (χ0) is 25.8. The molecule has 35 heavy (non-hydrogen) atoms. The Bertz CT molecular complexity index is 1300. The van der Waals surface area contributed by atoms with Crippen LogP contribution in [0.1, 0.15) is 18.9 Å². The van der Waals surface area contributed by atoms with Crippen molar-refractivity contribution < 1.29 is 35.5 Å². The van der Waals surface area contributed by atoms with Crippen molar-refractivity contribution in [1.29, 1.82) is 0 Å². The number of rotatable bonds is 8. The van der Waals surface area contributed by atoms with Crippen molar-refractivity contribution in [3.05, 3.63) is 83.1 Å². The van der Waals surface area contributed by atoms with Gasteiger partial charge in [0, 0.05) is 11.4 Å². The van der Waals surface area contributed by atoms with Crippen molar-refractivity contribution in [2.24, 2.45) is 0 Å². The molecule has 0 saturated heterocycles. The standard InChI is InChI=1S/C23H19ClF4N2O4S/c1-2-21(34-17-8-3-14(25)4-9-17)22(31)29-15-5-10-18(11-6-15)35(32,33)30-16-7-12-20(24)19(13-16)23(26,27)28/h3-13,21,30H,2H2,1H3,(H,29,31)/t21-/m1/s1. The fourth-order valence-electron chi connectivity index (χ4n) is 2.96. The first-order valence-corrected chi connectivity index (χ1v) is 12.0.